The van der Waals surface area contributed by atoms with E-state index in [1.807, 2.05) is 50.2 Å². The van der Waals surface area contributed by atoms with Gasteiger partial charge in [0.05, 0.1) is 19.5 Å². The molecule has 0 aromatic heterocycles. The molecule has 0 fully saturated rings. The van der Waals surface area contributed by atoms with Gasteiger partial charge in [0.15, 0.2) is 0 Å². The smallest absolute Gasteiger partial charge is 0.272 e. The number of hydrogen-bond donors (Lipinski definition) is 3. The number of carbonyl (C=O) groups excluding carboxylic acids is 3. The molecule has 226 valence electrons. The molecule has 44 heavy (non-hydrogen) atoms. The van der Waals surface area contributed by atoms with Gasteiger partial charge in [-0.05, 0) is 55.3 Å². The molecule has 1 unspecified atom stereocenters. The fraction of sp³-hybridized carbons (Fsp3) is 0.171. The van der Waals surface area contributed by atoms with Crippen molar-refractivity contribution in [2.75, 3.05) is 24.9 Å². The SMILES string of the molecule is CCC(Sc1cccc(NC(=O)/C(=C/c2ccc(C)cc2)NC(=O)c2ccccc2)c1)C(=O)Nc1cc(OC)cc(OC)c1. The van der Waals surface area contributed by atoms with Gasteiger partial charge in [-0.2, -0.15) is 0 Å². The minimum atomic E-state index is -0.478. The largest absolute Gasteiger partial charge is 0.497 e. The molecule has 8 nitrogen and oxygen atoms in total. The fourth-order valence-electron chi connectivity index (χ4n) is 4.21. The molecule has 0 spiro atoms. The highest BCUT2D eigenvalue weighted by molar-refractivity contribution is 8.00. The molecule has 1 atom stereocenters. The highest BCUT2D eigenvalue weighted by Gasteiger charge is 2.20. The molecule has 0 bridgehead atoms. The lowest BCUT2D eigenvalue weighted by Gasteiger charge is -2.17. The maximum atomic E-state index is 13.5. The van der Waals surface area contributed by atoms with E-state index in [-0.39, 0.29) is 11.6 Å². The third-order valence-corrected chi connectivity index (χ3v) is 7.93. The zero-order chi connectivity index (χ0) is 31.5. The highest BCUT2D eigenvalue weighted by atomic mass is 32.2. The normalized spacial score (nSPS) is 11.7. The summed E-state index contributed by atoms with van der Waals surface area (Å²) in [6.07, 6.45) is 2.21. The first kappa shape index (κ1) is 31.9. The maximum absolute atomic E-state index is 13.5. The van der Waals surface area contributed by atoms with Crippen LogP contribution in [0.15, 0.2) is 108 Å². The molecular weight excluding hydrogens is 574 g/mol. The molecule has 0 aliphatic rings. The van der Waals surface area contributed by atoms with Crippen LogP contribution in [0.4, 0.5) is 11.4 Å². The summed E-state index contributed by atoms with van der Waals surface area (Å²) >= 11 is 1.39. The number of anilines is 2. The summed E-state index contributed by atoms with van der Waals surface area (Å²) in [5.41, 5.74) is 3.47. The molecule has 3 amide bonds. The quantitative estimate of drug-likeness (QED) is 0.119. The summed E-state index contributed by atoms with van der Waals surface area (Å²) in [7, 11) is 3.10. The minimum Gasteiger partial charge on any atom is -0.497 e. The number of amides is 3. The molecule has 0 saturated carbocycles. The summed E-state index contributed by atoms with van der Waals surface area (Å²) in [6.45, 7) is 3.92. The van der Waals surface area contributed by atoms with Crippen LogP contribution < -0.4 is 25.4 Å². The van der Waals surface area contributed by atoms with Gasteiger partial charge in [0, 0.05) is 40.0 Å². The molecule has 3 N–H and O–H groups in total. The van der Waals surface area contributed by atoms with E-state index in [9.17, 15) is 14.4 Å². The van der Waals surface area contributed by atoms with Crippen molar-refractivity contribution in [2.24, 2.45) is 0 Å². The van der Waals surface area contributed by atoms with Gasteiger partial charge in [0.25, 0.3) is 11.8 Å². The number of thioether (sulfide) groups is 1. The lowest BCUT2D eigenvalue weighted by Crippen LogP contribution is -2.30. The standard InChI is InChI=1S/C35H35N3O5S/c1-5-32(35(41)37-27-19-28(42-3)22-29(20-27)43-4)44-30-13-9-12-26(21-30)36-34(40)31(18-24-16-14-23(2)15-17-24)38-33(39)25-10-7-6-8-11-25/h6-22,32H,5H2,1-4H3,(H,36,40)(H,37,41)(H,38,39)/b31-18-. The Morgan fingerprint density at radius 1 is 0.795 bits per heavy atom. The number of aryl methyl sites for hydroxylation is 1. The minimum absolute atomic E-state index is 0.0975. The molecule has 4 aromatic carbocycles. The van der Waals surface area contributed by atoms with Crippen molar-refractivity contribution in [3.8, 4) is 11.5 Å². The van der Waals surface area contributed by atoms with Crippen LogP contribution in [0.5, 0.6) is 11.5 Å². The van der Waals surface area contributed by atoms with Crippen LogP contribution in [0.1, 0.15) is 34.8 Å². The first-order valence-electron chi connectivity index (χ1n) is 14.0. The fourth-order valence-corrected chi connectivity index (χ4v) is 5.22. The van der Waals surface area contributed by atoms with Gasteiger partial charge in [-0.15, -0.1) is 11.8 Å². The van der Waals surface area contributed by atoms with Gasteiger partial charge >= 0.3 is 0 Å². The molecule has 0 aliphatic heterocycles. The Morgan fingerprint density at radius 2 is 1.48 bits per heavy atom. The molecule has 0 saturated heterocycles. The number of carbonyl (C=O) groups is 3. The van der Waals surface area contributed by atoms with E-state index in [4.69, 9.17) is 9.47 Å². The lowest BCUT2D eigenvalue weighted by atomic mass is 10.1. The van der Waals surface area contributed by atoms with Crippen molar-refractivity contribution in [2.45, 2.75) is 30.4 Å². The van der Waals surface area contributed by atoms with Gasteiger partial charge in [-0.25, -0.2) is 0 Å². The molecule has 4 aromatic rings. The number of rotatable bonds is 12. The Morgan fingerprint density at radius 3 is 2.11 bits per heavy atom. The summed E-state index contributed by atoms with van der Waals surface area (Å²) in [5.74, 6) is 0.0934. The average molecular weight is 610 g/mol. The molecule has 0 heterocycles. The van der Waals surface area contributed by atoms with Crippen molar-refractivity contribution in [3.05, 3.63) is 119 Å². The summed E-state index contributed by atoms with van der Waals surface area (Å²) < 4.78 is 10.6. The third-order valence-electron chi connectivity index (χ3n) is 6.57. The Balaban J connectivity index is 1.49. The third kappa shape index (κ3) is 8.99. The molecular formula is C35H35N3O5S. The second-order valence-electron chi connectivity index (χ2n) is 9.88. The van der Waals surface area contributed by atoms with Crippen LogP contribution in [-0.2, 0) is 9.59 Å². The van der Waals surface area contributed by atoms with Crippen molar-refractivity contribution in [3.63, 3.8) is 0 Å². The van der Waals surface area contributed by atoms with E-state index >= 15 is 0 Å². The first-order valence-corrected chi connectivity index (χ1v) is 14.9. The Hall–Kier alpha value is -5.02. The number of benzene rings is 4. The van der Waals surface area contributed by atoms with E-state index in [0.29, 0.717) is 34.9 Å². The van der Waals surface area contributed by atoms with Crippen LogP contribution in [0.2, 0.25) is 0 Å². The van der Waals surface area contributed by atoms with E-state index in [1.165, 1.54) is 11.8 Å². The molecule has 0 aliphatic carbocycles. The Kier molecular flexibility index (Phi) is 11.2. The zero-order valence-corrected chi connectivity index (χ0v) is 25.9. The number of nitrogens with one attached hydrogen (secondary N) is 3. The van der Waals surface area contributed by atoms with Gasteiger partial charge in [0.2, 0.25) is 5.91 Å². The number of hydrogen-bond acceptors (Lipinski definition) is 6. The van der Waals surface area contributed by atoms with E-state index < -0.39 is 17.1 Å². The van der Waals surface area contributed by atoms with Gasteiger partial charge in [-0.3, -0.25) is 14.4 Å². The van der Waals surface area contributed by atoms with Crippen molar-refractivity contribution in [1.82, 2.24) is 5.32 Å². The highest BCUT2D eigenvalue weighted by Crippen LogP contribution is 2.30. The van der Waals surface area contributed by atoms with Crippen LogP contribution in [-0.4, -0.2) is 37.2 Å². The molecule has 0 radical (unpaired) electrons. The monoisotopic (exact) mass is 609 g/mol. The molecule has 4 rings (SSSR count). The maximum Gasteiger partial charge on any atom is 0.272 e. The predicted molar refractivity (Wildman–Crippen MR) is 176 cm³/mol. The molecule has 9 heteroatoms. The topological polar surface area (TPSA) is 106 Å². The Labute approximate surface area is 261 Å². The van der Waals surface area contributed by atoms with E-state index in [0.717, 1.165) is 16.0 Å². The Bertz CT molecular complexity index is 1620. The van der Waals surface area contributed by atoms with Crippen LogP contribution in [0.25, 0.3) is 6.08 Å². The van der Waals surface area contributed by atoms with Gasteiger partial charge in [-0.1, -0.05) is 61.0 Å². The average Bonchev–Trinajstić information content (AvgIpc) is 3.04. The predicted octanol–water partition coefficient (Wildman–Crippen LogP) is 6.93. The van der Waals surface area contributed by atoms with Gasteiger partial charge in [0.1, 0.15) is 17.2 Å². The zero-order valence-electron chi connectivity index (χ0n) is 25.0. The summed E-state index contributed by atoms with van der Waals surface area (Å²) in [6, 6.07) is 28.8. The first-order chi connectivity index (χ1) is 21.3. The van der Waals surface area contributed by atoms with Crippen molar-refractivity contribution >= 4 is 46.9 Å². The second kappa shape index (κ2) is 15.5. The van der Waals surface area contributed by atoms with Gasteiger partial charge < -0.3 is 25.4 Å². The number of ether oxygens (including phenoxy) is 2. The van der Waals surface area contributed by atoms with E-state index in [2.05, 4.69) is 16.0 Å². The lowest BCUT2D eigenvalue weighted by molar-refractivity contribution is -0.116. The summed E-state index contributed by atoms with van der Waals surface area (Å²) in [5, 5.41) is 8.20. The van der Waals surface area contributed by atoms with E-state index in [1.54, 1.807) is 81.0 Å². The number of methoxy groups -OCH3 is 2. The second-order valence-corrected chi connectivity index (χ2v) is 11.2. The van der Waals surface area contributed by atoms with Crippen LogP contribution >= 0.6 is 11.8 Å². The van der Waals surface area contributed by atoms with Crippen molar-refractivity contribution < 1.29 is 23.9 Å². The summed E-state index contributed by atoms with van der Waals surface area (Å²) in [4.78, 5) is 40.4. The van der Waals surface area contributed by atoms with Crippen LogP contribution in [0, 0.1) is 6.92 Å². The van der Waals surface area contributed by atoms with Crippen LogP contribution in [0.3, 0.4) is 0 Å². The van der Waals surface area contributed by atoms with Crippen molar-refractivity contribution in [1.29, 1.82) is 0 Å².